The Morgan fingerprint density at radius 1 is 1.56 bits per heavy atom. The van der Waals surface area contributed by atoms with Crippen LogP contribution in [-0.2, 0) is 4.74 Å². The number of hydrogen-bond acceptors (Lipinski definition) is 4. The first-order valence-corrected chi connectivity index (χ1v) is 5.68. The van der Waals surface area contributed by atoms with Gasteiger partial charge in [0.05, 0.1) is 18.9 Å². The number of methoxy groups -OCH3 is 1. The van der Waals surface area contributed by atoms with E-state index < -0.39 is 0 Å². The largest absolute Gasteiger partial charge is 0.468 e. The number of rotatable bonds is 7. The second-order valence-electron chi connectivity index (χ2n) is 4.01. The van der Waals surface area contributed by atoms with E-state index in [1.54, 1.807) is 13.4 Å². The standard InChI is InChI=1S/C12H22N2O2/c1-4-10(13)12(11-6-5-8-16-11)14(2)7-9-15-3/h5-6,8,10,12H,4,7,9,13H2,1-3H3. The van der Waals surface area contributed by atoms with Crippen molar-refractivity contribution in [2.24, 2.45) is 5.73 Å². The highest BCUT2D eigenvalue weighted by Gasteiger charge is 2.25. The minimum Gasteiger partial charge on any atom is -0.468 e. The van der Waals surface area contributed by atoms with Gasteiger partial charge in [-0.3, -0.25) is 4.90 Å². The van der Waals surface area contributed by atoms with Gasteiger partial charge in [0, 0.05) is 19.7 Å². The lowest BCUT2D eigenvalue weighted by molar-refractivity contribution is 0.118. The van der Waals surface area contributed by atoms with Gasteiger partial charge < -0.3 is 14.9 Å². The minimum absolute atomic E-state index is 0.0769. The maximum Gasteiger partial charge on any atom is 0.122 e. The van der Waals surface area contributed by atoms with Gasteiger partial charge in [-0.05, 0) is 25.6 Å². The molecule has 0 aromatic carbocycles. The van der Waals surface area contributed by atoms with Crippen LogP contribution in [0.2, 0.25) is 0 Å². The number of ether oxygens (including phenoxy) is 1. The number of furan rings is 1. The molecule has 1 aromatic heterocycles. The summed E-state index contributed by atoms with van der Waals surface area (Å²) >= 11 is 0. The number of likely N-dealkylation sites (N-methyl/N-ethyl adjacent to an activating group) is 1. The zero-order valence-electron chi connectivity index (χ0n) is 10.3. The molecule has 1 rings (SSSR count). The summed E-state index contributed by atoms with van der Waals surface area (Å²) < 4.78 is 10.5. The summed E-state index contributed by atoms with van der Waals surface area (Å²) in [5, 5.41) is 0. The predicted octanol–water partition coefficient (Wildman–Crippen LogP) is 1.64. The Morgan fingerprint density at radius 3 is 2.81 bits per heavy atom. The molecule has 2 N–H and O–H groups in total. The van der Waals surface area contributed by atoms with Gasteiger partial charge in [-0.25, -0.2) is 0 Å². The van der Waals surface area contributed by atoms with Crippen LogP contribution in [0, 0.1) is 0 Å². The lowest BCUT2D eigenvalue weighted by atomic mass is 10.0. The third-order valence-corrected chi connectivity index (χ3v) is 2.83. The van der Waals surface area contributed by atoms with E-state index >= 15 is 0 Å². The Morgan fingerprint density at radius 2 is 2.31 bits per heavy atom. The highest BCUT2D eigenvalue weighted by Crippen LogP contribution is 2.23. The van der Waals surface area contributed by atoms with Gasteiger partial charge >= 0.3 is 0 Å². The zero-order chi connectivity index (χ0) is 12.0. The molecule has 0 amide bonds. The fourth-order valence-electron chi connectivity index (χ4n) is 1.81. The van der Waals surface area contributed by atoms with E-state index in [1.165, 1.54) is 0 Å². The third-order valence-electron chi connectivity index (χ3n) is 2.83. The van der Waals surface area contributed by atoms with E-state index in [1.807, 2.05) is 19.2 Å². The van der Waals surface area contributed by atoms with Crippen LogP contribution in [0.15, 0.2) is 22.8 Å². The van der Waals surface area contributed by atoms with E-state index in [-0.39, 0.29) is 12.1 Å². The average Bonchev–Trinajstić information content (AvgIpc) is 2.79. The Hall–Kier alpha value is -0.840. The van der Waals surface area contributed by atoms with Gasteiger partial charge in [0.15, 0.2) is 0 Å². The van der Waals surface area contributed by atoms with Gasteiger partial charge in [-0.15, -0.1) is 0 Å². The molecule has 0 fully saturated rings. The summed E-state index contributed by atoms with van der Waals surface area (Å²) in [5.41, 5.74) is 6.14. The Kier molecular flexibility index (Phi) is 5.52. The molecule has 2 unspecified atom stereocenters. The molecular weight excluding hydrogens is 204 g/mol. The molecule has 2 atom stereocenters. The van der Waals surface area contributed by atoms with E-state index in [9.17, 15) is 0 Å². The Labute approximate surface area is 97.4 Å². The second-order valence-corrected chi connectivity index (χ2v) is 4.01. The highest BCUT2D eigenvalue weighted by molar-refractivity contribution is 5.07. The molecule has 92 valence electrons. The summed E-state index contributed by atoms with van der Waals surface area (Å²) in [7, 11) is 3.75. The van der Waals surface area contributed by atoms with Crippen LogP contribution in [0.5, 0.6) is 0 Å². The van der Waals surface area contributed by atoms with Crippen LogP contribution in [0.3, 0.4) is 0 Å². The molecule has 16 heavy (non-hydrogen) atoms. The Bertz CT molecular complexity index is 275. The first-order chi connectivity index (χ1) is 7.70. The van der Waals surface area contributed by atoms with E-state index in [0.29, 0.717) is 6.61 Å². The van der Waals surface area contributed by atoms with Crippen molar-refractivity contribution in [2.45, 2.75) is 25.4 Å². The second kappa shape index (κ2) is 6.68. The molecule has 1 aromatic rings. The maximum atomic E-state index is 6.14. The van der Waals surface area contributed by atoms with Gasteiger partial charge in [0.2, 0.25) is 0 Å². The van der Waals surface area contributed by atoms with Gasteiger partial charge in [-0.1, -0.05) is 6.92 Å². The monoisotopic (exact) mass is 226 g/mol. The maximum absolute atomic E-state index is 6.14. The Balaban J connectivity index is 2.71. The van der Waals surface area contributed by atoms with Crippen LogP contribution in [0.25, 0.3) is 0 Å². The normalized spacial score (nSPS) is 15.3. The van der Waals surface area contributed by atoms with Crippen molar-refractivity contribution < 1.29 is 9.15 Å². The lowest BCUT2D eigenvalue weighted by Crippen LogP contribution is -2.40. The average molecular weight is 226 g/mol. The van der Waals surface area contributed by atoms with Crippen molar-refractivity contribution in [3.8, 4) is 0 Å². The molecule has 0 aliphatic rings. The van der Waals surface area contributed by atoms with Crippen LogP contribution in [0.4, 0.5) is 0 Å². The van der Waals surface area contributed by atoms with Gasteiger partial charge in [0.25, 0.3) is 0 Å². The molecule has 0 saturated carbocycles. The SMILES string of the molecule is CCC(N)C(c1ccco1)N(C)CCOC. The molecule has 0 radical (unpaired) electrons. The smallest absolute Gasteiger partial charge is 0.122 e. The first-order valence-electron chi connectivity index (χ1n) is 5.68. The fraction of sp³-hybridized carbons (Fsp3) is 0.667. The van der Waals surface area contributed by atoms with E-state index in [2.05, 4.69) is 11.8 Å². The van der Waals surface area contributed by atoms with Crippen LogP contribution < -0.4 is 5.73 Å². The quantitative estimate of drug-likeness (QED) is 0.768. The third kappa shape index (κ3) is 3.33. The molecule has 0 spiro atoms. The van der Waals surface area contributed by atoms with Crippen LogP contribution in [0.1, 0.15) is 25.1 Å². The zero-order valence-corrected chi connectivity index (χ0v) is 10.3. The molecule has 4 heteroatoms. The topological polar surface area (TPSA) is 51.6 Å². The molecule has 0 aliphatic heterocycles. The summed E-state index contributed by atoms with van der Waals surface area (Å²) in [6.07, 6.45) is 2.61. The van der Waals surface area contributed by atoms with Crippen molar-refractivity contribution in [3.63, 3.8) is 0 Å². The molecule has 1 heterocycles. The number of nitrogens with two attached hydrogens (primary N) is 1. The van der Waals surface area contributed by atoms with Gasteiger partial charge in [0.1, 0.15) is 5.76 Å². The molecule has 0 bridgehead atoms. The summed E-state index contributed by atoms with van der Waals surface area (Å²) in [6.45, 7) is 3.63. The molecular formula is C12H22N2O2. The van der Waals surface area contributed by atoms with Crippen molar-refractivity contribution in [2.75, 3.05) is 27.3 Å². The van der Waals surface area contributed by atoms with Crippen molar-refractivity contribution >= 4 is 0 Å². The van der Waals surface area contributed by atoms with Crippen molar-refractivity contribution in [3.05, 3.63) is 24.2 Å². The summed E-state index contributed by atoms with van der Waals surface area (Å²) in [5.74, 6) is 0.924. The number of nitrogens with zero attached hydrogens (tertiary/aromatic N) is 1. The summed E-state index contributed by atoms with van der Waals surface area (Å²) in [6, 6.07) is 4.07. The van der Waals surface area contributed by atoms with Crippen LogP contribution in [-0.4, -0.2) is 38.3 Å². The highest BCUT2D eigenvalue weighted by atomic mass is 16.5. The minimum atomic E-state index is 0.0769. The van der Waals surface area contributed by atoms with Crippen molar-refractivity contribution in [1.29, 1.82) is 0 Å². The molecule has 0 saturated heterocycles. The lowest BCUT2D eigenvalue weighted by Gasteiger charge is -2.30. The first kappa shape index (κ1) is 13.2. The summed E-state index contributed by atoms with van der Waals surface area (Å²) in [4.78, 5) is 2.18. The van der Waals surface area contributed by atoms with E-state index in [4.69, 9.17) is 14.9 Å². The van der Waals surface area contributed by atoms with Crippen molar-refractivity contribution in [1.82, 2.24) is 4.90 Å². The number of hydrogen-bond donors (Lipinski definition) is 1. The van der Waals surface area contributed by atoms with Crippen LogP contribution >= 0.6 is 0 Å². The predicted molar refractivity (Wildman–Crippen MR) is 64.2 cm³/mol. The van der Waals surface area contributed by atoms with Gasteiger partial charge in [-0.2, -0.15) is 0 Å². The molecule has 0 aliphatic carbocycles. The molecule has 4 nitrogen and oxygen atoms in total. The van der Waals surface area contributed by atoms with E-state index in [0.717, 1.165) is 18.7 Å². The fourth-order valence-corrected chi connectivity index (χ4v) is 1.81.